The van der Waals surface area contributed by atoms with Gasteiger partial charge < -0.3 is 0 Å². The Hall–Kier alpha value is -0.960. The molecule has 0 aliphatic heterocycles. The summed E-state index contributed by atoms with van der Waals surface area (Å²) in [5, 5.41) is 0.986. The molecule has 0 saturated heterocycles. The molecule has 0 bridgehead atoms. The Balaban J connectivity index is 2.11. The minimum atomic E-state index is 0.0217. The minimum Gasteiger partial charge on any atom is -0.294 e. The Labute approximate surface area is 133 Å². The Morgan fingerprint density at radius 1 is 1.15 bits per heavy atom. The van der Waals surface area contributed by atoms with E-state index in [2.05, 4.69) is 12.1 Å². The van der Waals surface area contributed by atoms with Crippen molar-refractivity contribution in [2.24, 2.45) is 0 Å². The lowest BCUT2D eigenvalue weighted by Crippen LogP contribution is -2.02. The molecule has 2 aromatic rings. The molecule has 0 amide bonds. The van der Waals surface area contributed by atoms with Crippen molar-refractivity contribution in [2.75, 3.05) is 6.26 Å². The highest BCUT2D eigenvalue weighted by Gasteiger charge is 2.12. The molecule has 0 radical (unpaired) electrons. The summed E-state index contributed by atoms with van der Waals surface area (Å²) in [6.45, 7) is 0. The van der Waals surface area contributed by atoms with Crippen molar-refractivity contribution in [1.82, 2.24) is 0 Å². The van der Waals surface area contributed by atoms with Gasteiger partial charge in [0.25, 0.3) is 0 Å². The van der Waals surface area contributed by atoms with E-state index in [0.717, 1.165) is 0 Å². The highest BCUT2D eigenvalue weighted by atomic mass is 35.5. The lowest BCUT2D eigenvalue weighted by molar-refractivity contribution is 0.0983. The van der Waals surface area contributed by atoms with Gasteiger partial charge in [-0.05, 0) is 42.5 Å². The van der Waals surface area contributed by atoms with Crippen molar-refractivity contribution in [3.63, 3.8) is 0 Å². The number of carbonyl (C=O) groups excluding carboxylic acids is 1. The summed E-state index contributed by atoms with van der Waals surface area (Å²) in [6.07, 6.45) is 3.17. The quantitative estimate of drug-likeness (QED) is 0.531. The maximum absolute atomic E-state index is 12.2. The molecule has 0 saturated carbocycles. The van der Waals surface area contributed by atoms with E-state index in [1.165, 1.54) is 10.5 Å². The molecular formula is C16H14Cl2OS. The van der Waals surface area contributed by atoms with Crippen LogP contribution in [0.1, 0.15) is 22.3 Å². The third-order valence-electron chi connectivity index (χ3n) is 3.04. The number of hydrogen-bond donors (Lipinski definition) is 0. The Bertz CT molecular complexity index is 626. The molecule has 0 fully saturated rings. The Morgan fingerprint density at radius 3 is 2.65 bits per heavy atom. The van der Waals surface area contributed by atoms with Crippen molar-refractivity contribution >= 4 is 40.7 Å². The molecule has 0 aliphatic carbocycles. The second kappa shape index (κ2) is 7.16. The van der Waals surface area contributed by atoms with Crippen LogP contribution in [0.3, 0.4) is 0 Å². The van der Waals surface area contributed by atoms with Crippen molar-refractivity contribution < 1.29 is 4.79 Å². The van der Waals surface area contributed by atoms with E-state index in [1.54, 1.807) is 30.0 Å². The first-order valence-electron chi connectivity index (χ1n) is 6.22. The highest BCUT2D eigenvalue weighted by Crippen LogP contribution is 2.24. The van der Waals surface area contributed by atoms with Crippen LogP contribution < -0.4 is 0 Å². The van der Waals surface area contributed by atoms with E-state index >= 15 is 0 Å². The van der Waals surface area contributed by atoms with Crippen LogP contribution in [0.15, 0.2) is 47.4 Å². The Kier molecular flexibility index (Phi) is 5.53. The normalized spacial score (nSPS) is 10.6. The van der Waals surface area contributed by atoms with Gasteiger partial charge in [-0.2, -0.15) is 0 Å². The lowest BCUT2D eigenvalue weighted by Gasteiger charge is -2.07. The highest BCUT2D eigenvalue weighted by molar-refractivity contribution is 7.98. The zero-order valence-corrected chi connectivity index (χ0v) is 13.4. The van der Waals surface area contributed by atoms with Crippen molar-refractivity contribution in [3.05, 3.63) is 63.6 Å². The van der Waals surface area contributed by atoms with Crippen LogP contribution in [0.2, 0.25) is 10.0 Å². The fraction of sp³-hybridized carbons (Fsp3) is 0.188. The number of aryl methyl sites for hydroxylation is 1. The van der Waals surface area contributed by atoms with Crippen LogP contribution in [0.4, 0.5) is 0 Å². The van der Waals surface area contributed by atoms with Gasteiger partial charge in [0.2, 0.25) is 0 Å². The Morgan fingerprint density at radius 2 is 1.90 bits per heavy atom. The van der Waals surface area contributed by atoms with E-state index in [1.807, 2.05) is 18.4 Å². The minimum absolute atomic E-state index is 0.0217. The fourth-order valence-corrected chi connectivity index (χ4v) is 3.05. The first kappa shape index (κ1) is 15.4. The molecule has 0 N–H and O–H groups in total. The van der Waals surface area contributed by atoms with Crippen LogP contribution in [0, 0.1) is 0 Å². The molecule has 20 heavy (non-hydrogen) atoms. The predicted molar refractivity (Wildman–Crippen MR) is 87.3 cm³/mol. The number of thioether (sulfide) groups is 1. The van der Waals surface area contributed by atoms with Gasteiger partial charge in [-0.3, -0.25) is 4.79 Å². The van der Waals surface area contributed by atoms with Gasteiger partial charge >= 0.3 is 0 Å². The zero-order valence-electron chi connectivity index (χ0n) is 11.0. The third kappa shape index (κ3) is 3.78. The van der Waals surface area contributed by atoms with Crippen LogP contribution in [0.5, 0.6) is 0 Å². The summed E-state index contributed by atoms with van der Waals surface area (Å²) in [7, 11) is 0. The molecule has 2 rings (SSSR count). The first-order valence-corrected chi connectivity index (χ1v) is 8.20. The van der Waals surface area contributed by atoms with Gasteiger partial charge in [-0.25, -0.2) is 0 Å². The van der Waals surface area contributed by atoms with Crippen LogP contribution in [-0.4, -0.2) is 12.0 Å². The summed E-state index contributed by atoms with van der Waals surface area (Å²) in [4.78, 5) is 13.4. The number of carbonyl (C=O) groups is 1. The van der Waals surface area contributed by atoms with E-state index in [4.69, 9.17) is 23.2 Å². The molecule has 4 heteroatoms. The largest absolute Gasteiger partial charge is 0.294 e. The summed E-state index contributed by atoms with van der Waals surface area (Å²) in [6, 6.07) is 13.1. The molecule has 0 aliphatic rings. The van der Waals surface area contributed by atoms with Crippen molar-refractivity contribution in [2.45, 2.75) is 17.7 Å². The molecule has 104 valence electrons. The SMILES string of the molecule is CSc1ccccc1CCC(=O)c1cc(Cl)ccc1Cl. The smallest absolute Gasteiger partial charge is 0.164 e. The monoisotopic (exact) mass is 324 g/mol. The van der Waals surface area contributed by atoms with Gasteiger partial charge in [0.1, 0.15) is 0 Å². The summed E-state index contributed by atoms with van der Waals surface area (Å²) in [5.41, 5.74) is 1.69. The van der Waals surface area contributed by atoms with Gasteiger partial charge in [0.15, 0.2) is 5.78 Å². The molecule has 1 nitrogen and oxygen atoms in total. The maximum atomic E-state index is 12.2. The van der Waals surface area contributed by atoms with Crippen molar-refractivity contribution in [3.8, 4) is 0 Å². The summed E-state index contributed by atoms with van der Waals surface area (Å²) >= 11 is 13.6. The lowest BCUT2D eigenvalue weighted by atomic mass is 10.0. The topological polar surface area (TPSA) is 17.1 Å². The van der Waals surface area contributed by atoms with Gasteiger partial charge in [-0.15, -0.1) is 11.8 Å². The summed E-state index contributed by atoms with van der Waals surface area (Å²) in [5.74, 6) is 0.0217. The average molecular weight is 325 g/mol. The van der Waals surface area contributed by atoms with E-state index in [9.17, 15) is 4.79 Å². The molecule has 0 aromatic heterocycles. The van der Waals surface area contributed by atoms with Crippen LogP contribution in [-0.2, 0) is 6.42 Å². The molecule has 2 aromatic carbocycles. The zero-order chi connectivity index (χ0) is 14.5. The van der Waals surface area contributed by atoms with E-state index in [0.29, 0.717) is 28.5 Å². The van der Waals surface area contributed by atoms with Crippen LogP contribution in [0.25, 0.3) is 0 Å². The van der Waals surface area contributed by atoms with Gasteiger partial charge in [-0.1, -0.05) is 41.4 Å². The number of hydrogen-bond acceptors (Lipinski definition) is 2. The molecule has 0 unspecified atom stereocenters. The number of halogens is 2. The number of rotatable bonds is 5. The van der Waals surface area contributed by atoms with Crippen LogP contribution >= 0.6 is 35.0 Å². The standard InChI is InChI=1S/C16H14Cl2OS/c1-20-16-5-3-2-4-11(16)6-9-15(19)13-10-12(17)7-8-14(13)18/h2-5,7-8,10H,6,9H2,1H3. The summed E-state index contributed by atoms with van der Waals surface area (Å²) < 4.78 is 0. The second-order valence-corrected chi connectivity index (χ2v) is 6.05. The van der Waals surface area contributed by atoms with E-state index < -0.39 is 0 Å². The fourth-order valence-electron chi connectivity index (χ4n) is 2.00. The van der Waals surface area contributed by atoms with Crippen molar-refractivity contribution in [1.29, 1.82) is 0 Å². The number of Topliss-reactive ketones (excluding diaryl/α,β-unsaturated/α-hetero) is 1. The predicted octanol–water partition coefficient (Wildman–Crippen LogP) is 5.53. The van der Waals surface area contributed by atoms with E-state index in [-0.39, 0.29) is 5.78 Å². The third-order valence-corrected chi connectivity index (χ3v) is 4.45. The van der Waals surface area contributed by atoms with Gasteiger partial charge in [0, 0.05) is 21.9 Å². The molecule has 0 atom stereocenters. The second-order valence-electron chi connectivity index (χ2n) is 4.36. The first-order chi connectivity index (χ1) is 9.61. The average Bonchev–Trinajstić information content (AvgIpc) is 2.47. The number of benzene rings is 2. The van der Waals surface area contributed by atoms with Gasteiger partial charge in [0.05, 0.1) is 5.02 Å². The molecular weight excluding hydrogens is 311 g/mol. The number of ketones is 1. The molecule has 0 spiro atoms. The molecule has 0 heterocycles. The maximum Gasteiger partial charge on any atom is 0.164 e.